The van der Waals surface area contributed by atoms with Crippen molar-refractivity contribution in [1.29, 1.82) is 0 Å². The maximum Gasteiger partial charge on any atom is 0.229 e. The smallest absolute Gasteiger partial charge is 0.229 e. The molecule has 9 nitrogen and oxygen atoms in total. The lowest BCUT2D eigenvalue weighted by atomic mass is 9.86. The molecule has 228 valence electrons. The maximum atomic E-state index is 10.8. The van der Waals surface area contributed by atoms with Crippen molar-refractivity contribution >= 4 is 36.2 Å². The second-order valence-electron chi connectivity index (χ2n) is 10.2. The first-order valence-electron chi connectivity index (χ1n) is 14.1. The zero-order chi connectivity index (χ0) is 31.7. The molecule has 43 heavy (non-hydrogen) atoms. The number of para-hydroxylation sites is 1. The molecule has 0 spiro atoms. The molecule has 3 aromatic carbocycles. The number of hydrogen-bond acceptors (Lipinski definition) is 9. The van der Waals surface area contributed by atoms with E-state index < -0.39 is 5.41 Å². The number of nitrogens with zero attached hydrogens (tertiary/aromatic N) is 2. The molecule has 9 heteroatoms. The number of rotatable bonds is 12. The van der Waals surface area contributed by atoms with E-state index in [1.807, 2.05) is 77.3 Å². The number of benzene rings is 3. The summed E-state index contributed by atoms with van der Waals surface area (Å²) in [5, 5.41) is 13.1. The van der Waals surface area contributed by atoms with E-state index >= 15 is 0 Å². The number of methoxy groups -OCH3 is 1. The van der Waals surface area contributed by atoms with Gasteiger partial charge in [-0.05, 0) is 82.2 Å². The van der Waals surface area contributed by atoms with Crippen molar-refractivity contribution in [3.8, 4) is 16.9 Å². The average molecular weight is 585 g/mol. The standard InChI is InChI=1S/C22H28N6.C11H14O2.CH2O/c1-16-6-4-7-19(14-16)27-22-26-15-20(17-8-10-18(24-3)11-9-17)21(28-22)25-13-5-12-23-2;1-11(2,8-12)9-6-4-5-7-10(9)13-3;1-2/h4,6-11,14-15,23-24H,5,12-13H2,1-3H3,(H2,25,26,27,28);4-8H,1-3H3;1H2. The van der Waals surface area contributed by atoms with Crippen LogP contribution < -0.4 is 26.0 Å². The van der Waals surface area contributed by atoms with Crippen LogP contribution in [0, 0.1) is 6.92 Å². The zero-order valence-corrected chi connectivity index (χ0v) is 26.0. The molecule has 0 radical (unpaired) electrons. The number of carbonyl (C=O) groups excluding carboxylic acids is 2. The molecule has 0 aliphatic rings. The first-order chi connectivity index (χ1) is 20.8. The van der Waals surface area contributed by atoms with Crippen molar-refractivity contribution in [2.45, 2.75) is 32.6 Å². The molecule has 0 amide bonds. The molecule has 0 bridgehead atoms. The lowest BCUT2D eigenvalue weighted by molar-refractivity contribution is -0.111. The zero-order valence-electron chi connectivity index (χ0n) is 26.0. The fourth-order valence-corrected chi connectivity index (χ4v) is 4.17. The Hall–Kier alpha value is -4.76. The Balaban J connectivity index is 0.000000360. The molecule has 1 aromatic heterocycles. The van der Waals surface area contributed by atoms with E-state index in [2.05, 4.69) is 69.6 Å². The summed E-state index contributed by atoms with van der Waals surface area (Å²) in [5.74, 6) is 2.18. The molecule has 0 unspecified atom stereocenters. The monoisotopic (exact) mass is 584 g/mol. The van der Waals surface area contributed by atoms with Crippen LogP contribution in [0.1, 0.15) is 31.4 Å². The van der Waals surface area contributed by atoms with Gasteiger partial charge >= 0.3 is 0 Å². The lowest BCUT2D eigenvalue weighted by Crippen LogP contribution is -2.19. The SMILES string of the molecule is C=O.CNCCCNc1nc(Nc2cccc(C)c2)ncc1-c1ccc(NC)cc1.COc1ccccc1C(C)(C)C=O. The quantitative estimate of drug-likeness (QED) is 0.113. The van der Waals surface area contributed by atoms with Crippen molar-refractivity contribution in [3.63, 3.8) is 0 Å². The molecule has 4 rings (SSSR count). The topological polar surface area (TPSA) is 117 Å². The van der Waals surface area contributed by atoms with Gasteiger partial charge in [0, 0.05) is 47.7 Å². The highest BCUT2D eigenvalue weighted by atomic mass is 16.5. The summed E-state index contributed by atoms with van der Waals surface area (Å²) < 4.78 is 5.17. The number of aldehydes is 1. The van der Waals surface area contributed by atoms with E-state index in [-0.39, 0.29) is 0 Å². The summed E-state index contributed by atoms with van der Waals surface area (Å²) >= 11 is 0. The summed E-state index contributed by atoms with van der Waals surface area (Å²) in [7, 11) is 5.49. The highest BCUT2D eigenvalue weighted by molar-refractivity contribution is 5.76. The third-order valence-electron chi connectivity index (χ3n) is 6.54. The van der Waals surface area contributed by atoms with Gasteiger partial charge in [-0.25, -0.2) is 4.98 Å². The third kappa shape index (κ3) is 10.5. The van der Waals surface area contributed by atoms with Crippen LogP contribution in [0.5, 0.6) is 5.75 Å². The number of aryl methyl sites for hydroxylation is 1. The minimum absolute atomic E-state index is 0.480. The fourth-order valence-electron chi connectivity index (χ4n) is 4.17. The second-order valence-corrected chi connectivity index (χ2v) is 10.2. The number of nitrogens with one attached hydrogen (secondary N) is 4. The molecule has 0 saturated carbocycles. The lowest BCUT2D eigenvalue weighted by Gasteiger charge is -2.19. The maximum absolute atomic E-state index is 10.8. The van der Waals surface area contributed by atoms with Gasteiger partial charge in [0.05, 0.1) is 7.11 Å². The fraction of sp³-hybridized carbons (Fsp3) is 0.294. The molecule has 1 heterocycles. The van der Waals surface area contributed by atoms with Gasteiger partial charge in [0.2, 0.25) is 5.95 Å². The van der Waals surface area contributed by atoms with Gasteiger partial charge in [-0.1, -0.05) is 42.5 Å². The summed E-state index contributed by atoms with van der Waals surface area (Å²) in [6.07, 6.45) is 3.82. The van der Waals surface area contributed by atoms with Gasteiger partial charge in [0.1, 0.15) is 24.6 Å². The van der Waals surface area contributed by atoms with E-state index in [0.29, 0.717) is 5.95 Å². The Morgan fingerprint density at radius 2 is 1.65 bits per heavy atom. The highest BCUT2D eigenvalue weighted by Crippen LogP contribution is 2.30. The predicted molar refractivity (Wildman–Crippen MR) is 178 cm³/mol. The molecule has 0 saturated heterocycles. The highest BCUT2D eigenvalue weighted by Gasteiger charge is 2.22. The van der Waals surface area contributed by atoms with E-state index in [4.69, 9.17) is 14.5 Å². The van der Waals surface area contributed by atoms with Gasteiger partial charge in [0.15, 0.2) is 0 Å². The number of ether oxygens (including phenoxy) is 1. The average Bonchev–Trinajstić information content (AvgIpc) is 3.04. The van der Waals surface area contributed by atoms with Crippen LogP contribution in [0.3, 0.4) is 0 Å². The van der Waals surface area contributed by atoms with Gasteiger partial charge in [-0.2, -0.15) is 4.98 Å². The molecule has 0 atom stereocenters. The summed E-state index contributed by atoms with van der Waals surface area (Å²) in [5.41, 5.74) is 5.76. The van der Waals surface area contributed by atoms with Crippen LogP contribution in [0.4, 0.5) is 23.1 Å². The molecule has 0 aliphatic carbocycles. The number of anilines is 4. The molecular formula is C34H44N6O3. The molecule has 4 N–H and O–H groups in total. The van der Waals surface area contributed by atoms with Crippen LogP contribution in [0.2, 0.25) is 0 Å². The van der Waals surface area contributed by atoms with Crippen molar-refractivity contribution in [2.75, 3.05) is 50.2 Å². The van der Waals surface area contributed by atoms with E-state index in [9.17, 15) is 4.79 Å². The van der Waals surface area contributed by atoms with Crippen LogP contribution in [0.15, 0.2) is 79.0 Å². The van der Waals surface area contributed by atoms with Crippen molar-refractivity contribution < 1.29 is 14.3 Å². The Morgan fingerprint density at radius 1 is 0.930 bits per heavy atom. The van der Waals surface area contributed by atoms with Gasteiger partial charge < -0.3 is 35.6 Å². The van der Waals surface area contributed by atoms with Crippen LogP contribution >= 0.6 is 0 Å². The van der Waals surface area contributed by atoms with Crippen molar-refractivity contribution in [1.82, 2.24) is 15.3 Å². The van der Waals surface area contributed by atoms with Crippen molar-refractivity contribution in [2.24, 2.45) is 0 Å². The predicted octanol–water partition coefficient (Wildman–Crippen LogP) is 6.25. The van der Waals surface area contributed by atoms with Gasteiger partial charge in [-0.15, -0.1) is 0 Å². The van der Waals surface area contributed by atoms with Gasteiger partial charge in [-0.3, -0.25) is 0 Å². The van der Waals surface area contributed by atoms with Crippen molar-refractivity contribution in [3.05, 3.63) is 90.1 Å². The minimum atomic E-state index is -0.480. The number of carbonyl (C=O) groups is 2. The number of hydrogen-bond donors (Lipinski definition) is 4. The summed E-state index contributed by atoms with van der Waals surface area (Å²) in [4.78, 5) is 28.1. The Morgan fingerprint density at radius 3 is 2.28 bits per heavy atom. The Bertz CT molecular complexity index is 1410. The third-order valence-corrected chi connectivity index (χ3v) is 6.54. The second kappa shape index (κ2) is 17.9. The minimum Gasteiger partial charge on any atom is -0.496 e. The Labute approximate surface area is 255 Å². The van der Waals surface area contributed by atoms with Crippen LogP contribution in [0.25, 0.3) is 11.1 Å². The van der Waals surface area contributed by atoms with Crippen LogP contribution in [-0.2, 0) is 15.0 Å². The summed E-state index contributed by atoms with van der Waals surface area (Å²) in [6.45, 7) is 9.61. The molecular weight excluding hydrogens is 540 g/mol. The summed E-state index contributed by atoms with van der Waals surface area (Å²) in [6, 6.07) is 24.0. The largest absolute Gasteiger partial charge is 0.496 e. The first kappa shape index (κ1) is 34.4. The number of aromatic nitrogens is 2. The molecule has 0 fully saturated rings. The Kier molecular flexibility index (Phi) is 14.4. The molecule has 0 aliphatic heterocycles. The first-order valence-corrected chi connectivity index (χ1v) is 14.1. The van der Waals surface area contributed by atoms with E-state index in [0.717, 1.165) is 65.4 Å². The van der Waals surface area contributed by atoms with Crippen LogP contribution in [-0.4, -0.2) is 57.3 Å². The van der Waals surface area contributed by atoms with Gasteiger partial charge in [0.25, 0.3) is 0 Å². The molecule has 4 aromatic rings. The van der Waals surface area contributed by atoms with E-state index in [1.165, 1.54) is 5.56 Å². The van der Waals surface area contributed by atoms with E-state index in [1.54, 1.807) is 7.11 Å². The normalized spacial score (nSPS) is 10.3.